The minimum Gasteiger partial charge on any atom is -0.480 e. The average Bonchev–Trinajstić information content (AvgIpc) is 2.61. The van der Waals surface area contributed by atoms with E-state index in [9.17, 15) is 13.2 Å². The van der Waals surface area contributed by atoms with E-state index < -0.39 is 22.0 Å². The van der Waals surface area contributed by atoms with Crippen molar-refractivity contribution >= 4 is 16.0 Å². The summed E-state index contributed by atoms with van der Waals surface area (Å²) < 4.78 is 28.6. The molecule has 0 aliphatic heterocycles. The Balaban J connectivity index is 3.24. The average molecular weight is 303 g/mol. The fourth-order valence-corrected chi connectivity index (χ4v) is 3.82. The highest BCUT2D eigenvalue weighted by Gasteiger charge is 2.31. The normalized spacial score (nSPS) is 13.7. The number of nitrogens with zero attached hydrogens (tertiary/aromatic N) is 2. The van der Waals surface area contributed by atoms with Gasteiger partial charge in [0.1, 0.15) is 10.9 Å². The van der Waals surface area contributed by atoms with Crippen LogP contribution in [0.4, 0.5) is 0 Å². The van der Waals surface area contributed by atoms with Gasteiger partial charge >= 0.3 is 5.97 Å². The molecule has 1 aromatic rings. The van der Waals surface area contributed by atoms with Crippen molar-refractivity contribution in [3.05, 3.63) is 11.4 Å². The maximum atomic E-state index is 12.4. The Labute approximate surface area is 119 Å². The van der Waals surface area contributed by atoms with Crippen LogP contribution in [0.15, 0.2) is 4.90 Å². The van der Waals surface area contributed by atoms with E-state index in [4.69, 9.17) is 5.11 Å². The topological polar surface area (TPSA) is 101 Å². The second kappa shape index (κ2) is 5.92. The number of rotatable bonds is 6. The van der Waals surface area contributed by atoms with Gasteiger partial charge in [-0.3, -0.25) is 9.48 Å². The van der Waals surface area contributed by atoms with E-state index >= 15 is 0 Å². The maximum absolute atomic E-state index is 12.4. The molecular formula is C12H21N3O4S. The van der Waals surface area contributed by atoms with E-state index in [0.717, 1.165) is 0 Å². The van der Waals surface area contributed by atoms with E-state index in [-0.39, 0.29) is 10.8 Å². The van der Waals surface area contributed by atoms with Crippen molar-refractivity contribution in [2.45, 2.75) is 52.1 Å². The van der Waals surface area contributed by atoms with Crippen molar-refractivity contribution in [3.63, 3.8) is 0 Å². The van der Waals surface area contributed by atoms with Gasteiger partial charge in [0.15, 0.2) is 0 Å². The summed E-state index contributed by atoms with van der Waals surface area (Å²) in [6.45, 7) is 8.96. The lowest BCUT2D eigenvalue weighted by molar-refractivity contribution is -0.140. The molecule has 8 heteroatoms. The first kappa shape index (κ1) is 16.6. The zero-order valence-electron chi connectivity index (χ0n) is 12.3. The molecule has 7 nitrogen and oxygen atoms in total. The van der Waals surface area contributed by atoms with Crippen LogP contribution >= 0.6 is 0 Å². The highest BCUT2D eigenvalue weighted by molar-refractivity contribution is 7.89. The first-order chi connectivity index (χ1) is 9.11. The summed E-state index contributed by atoms with van der Waals surface area (Å²) in [6.07, 6.45) is 0. The summed E-state index contributed by atoms with van der Waals surface area (Å²) in [5, 5.41) is 13.2. The number of carboxylic acid groups (broad SMARTS) is 1. The number of carboxylic acids is 1. The lowest BCUT2D eigenvalue weighted by atomic mass is 10.1. The number of aromatic nitrogens is 2. The summed E-state index contributed by atoms with van der Waals surface area (Å²) in [4.78, 5) is 11.2. The second-order valence-electron chi connectivity index (χ2n) is 5.00. The summed E-state index contributed by atoms with van der Waals surface area (Å²) in [7, 11) is -3.91. The summed E-state index contributed by atoms with van der Waals surface area (Å²) in [5.74, 6) is -1.55. The smallest absolute Gasteiger partial charge is 0.322 e. The van der Waals surface area contributed by atoms with Crippen LogP contribution in [0.2, 0.25) is 0 Å². The SMILES string of the molecule is CCn1nc(C)c(S(=O)(=O)N[C@H](C(=O)O)C(C)C)c1C. The molecule has 0 aliphatic rings. The van der Waals surface area contributed by atoms with E-state index in [1.807, 2.05) is 6.92 Å². The van der Waals surface area contributed by atoms with Gasteiger partial charge in [0.25, 0.3) is 0 Å². The third-order valence-corrected chi connectivity index (χ3v) is 4.79. The van der Waals surface area contributed by atoms with E-state index in [1.165, 1.54) is 0 Å². The molecular weight excluding hydrogens is 282 g/mol. The van der Waals surface area contributed by atoms with E-state index in [1.54, 1.807) is 32.4 Å². The monoisotopic (exact) mass is 303 g/mol. The van der Waals surface area contributed by atoms with Gasteiger partial charge in [-0.2, -0.15) is 9.82 Å². The maximum Gasteiger partial charge on any atom is 0.322 e. The minimum absolute atomic E-state index is 0.0613. The first-order valence-electron chi connectivity index (χ1n) is 6.41. The van der Waals surface area contributed by atoms with Crippen LogP contribution in [0.5, 0.6) is 0 Å². The standard InChI is InChI=1S/C12H21N3O4S/c1-6-15-9(5)11(8(4)13-15)20(18,19)14-10(7(2)3)12(16)17/h7,10,14H,6H2,1-5H3,(H,16,17)/t10-/m0/s1. The number of hydrogen-bond donors (Lipinski definition) is 2. The summed E-state index contributed by atoms with van der Waals surface area (Å²) in [6, 6.07) is -1.16. The molecule has 0 bridgehead atoms. The molecule has 1 rings (SSSR count). The van der Waals surface area contributed by atoms with Crippen LogP contribution in [-0.4, -0.2) is 35.3 Å². The fourth-order valence-electron chi connectivity index (χ4n) is 2.08. The number of nitrogens with one attached hydrogen (secondary N) is 1. The van der Waals surface area contributed by atoms with Crippen LogP contribution in [-0.2, 0) is 21.4 Å². The number of sulfonamides is 1. The second-order valence-corrected chi connectivity index (χ2v) is 6.65. The zero-order valence-corrected chi connectivity index (χ0v) is 13.2. The third kappa shape index (κ3) is 3.18. The molecule has 1 atom stereocenters. The van der Waals surface area contributed by atoms with Crippen LogP contribution < -0.4 is 4.72 Å². The number of aryl methyl sites for hydroxylation is 2. The van der Waals surface area contributed by atoms with Crippen LogP contribution in [0.25, 0.3) is 0 Å². The predicted molar refractivity (Wildman–Crippen MR) is 74.0 cm³/mol. The molecule has 0 amide bonds. The molecule has 0 aromatic carbocycles. The minimum atomic E-state index is -3.91. The van der Waals surface area contributed by atoms with Crippen molar-refractivity contribution in [1.29, 1.82) is 0 Å². The van der Waals surface area contributed by atoms with Crippen molar-refractivity contribution in [2.75, 3.05) is 0 Å². The zero-order chi connectivity index (χ0) is 15.7. The van der Waals surface area contributed by atoms with Gasteiger partial charge in [-0.05, 0) is 26.7 Å². The number of carbonyl (C=O) groups is 1. The van der Waals surface area contributed by atoms with Gasteiger partial charge < -0.3 is 5.11 Å². The van der Waals surface area contributed by atoms with Gasteiger partial charge in [0, 0.05) is 6.54 Å². The Morgan fingerprint density at radius 2 is 1.95 bits per heavy atom. The molecule has 0 saturated heterocycles. The van der Waals surface area contributed by atoms with E-state index in [0.29, 0.717) is 17.9 Å². The van der Waals surface area contributed by atoms with Crippen molar-refractivity contribution in [3.8, 4) is 0 Å². The molecule has 0 aliphatic carbocycles. The molecule has 0 fully saturated rings. The Bertz CT molecular complexity index is 604. The van der Waals surface area contributed by atoms with Gasteiger partial charge in [-0.25, -0.2) is 8.42 Å². The lowest BCUT2D eigenvalue weighted by Crippen LogP contribution is -2.44. The summed E-state index contributed by atoms with van der Waals surface area (Å²) in [5.41, 5.74) is 0.870. The number of hydrogen-bond acceptors (Lipinski definition) is 4. The molecule has 1 aromatic heterocycles. The Kier molecular flexibility index (Phi) is 4.93. The Hall–Kier alpha value is -1.41. The van der Waals surface area contributed by atoms with Gasteiger partial charge in [-0.1, -0.05) is 13.8 Å². The highest BCUT2D eigenvalue weighted by Crippen LogP contribution is 2.20. The molecule has 20 heavy (non-hydrogen) atoms. The quantitative estimate of drug-likeness (QED) is 0.813. The highest BCUT2D eigenvalue weighted by atomic mass is 32.2. The number of aliphatic carboxylic acids is 1. The van der Waals surface area contributed by atoms with Gasteiger partial charge in [0.05, 0.1) is 11.4 Å². The van der Waals surface area contributed by atoms with Crippen LogP contribution in [0.1, 0.15) is 32.2 Å². The molecule has 0 spiro atoms. The van der Waals surface area contributed by atoms with Crippen molar-refractivity contribution in [2.24, 2.45) is 5.92 Å². The molecule has 0 saturated carbocycles. The predicted octanol–water partition coefficient (Wildman–Crippen LogP) is 0.907. The van der Waals surface area contributed by atoms with Crippen LogP contribution in [0.3, 0.4) is 0 Å². The molecule has 1 heterocycles. The first-order valence-corrected chi connectivity index (χ1v) is 7.89. The Morgan fingerprint density at radius 3 is 2.30 bits per heavy atom. The summed E-state index contributed by atoms with van der Waals surface area (Å²) >= 11 is 0. The third-order valence-electron chi connectivity index (χ3n) is 3.10. The van der Waals surface area contributed by atoms with Crippen LogP contribution in [0, 0.1) is 19.8 Å². The largest absolute Gasteiger partial charge is 0.480 e. The Morgan fingerprint density at radius 1 is 1.40 bits per heavy atom. The molecule has 0 unspecified atom stereocenters. The van der Waals surface area contributed by atoms with Gasteiger partial charge in [-0.15, -0.1) is 0 Å². The van der Waals surface area contributed by atoms with Crippen molar-refractivity contribution < 1.29 is 18.3 Å². The van der Waals surface area contributed by atoms with Crippen molar-refractivity contribution in [1.82, 2.24) is 14.5 Å². The molecule has 114 valence electrons. The van der Waals surface area contributed by atoms with E-state index in [2.05, 4.69) is 9.82 Å². The fraction of sp³-hybridized carbons (Fsp3) is 0.667. The molecule has 2 N–H and O–H groups in total. The molecule has 0 radical (unpaired) electrons. The lowest BCUT2D eigenvalue weighted by Gasteiger charge is -2.18. The van der Waals surface area contributed by atoms with Gasteiger partial charge in [0.2, 0.25) is 10.0 Å².